The molecule has 5 heteroatoms. The summed E-state index contributed by atoms with van der Waals surface area (Å²) in [5.41, 5.74) is 8.63. The molecule has 0 unspecified atom stereocenters. The molecule has 49 heavy (non-hydrogen) atoms. The first-order valence-corrected chi connectivity index (χ1v) is 22.4. The third-order valence-electron chi connectivity index (χ3n) is 10.1. The number of halogens is 1. The molecule has 4 heterocycles. The van der Waals surface area contributed by atoms with Gasteiger partial charge in [-0.25, -0.2) is 0 Å². The predicted molar refractivity (Wildman–Crippen MR) is 226 cm³/mol. The highest BCUT2D eigenvalue weighted by Gasteiger charge is 2.21. The molecule has 6 aromatic rings. The zero-order chi connectivity index (χ0) is 34.2. The molecule has 0 aliphatic heterocycles. The van der Waals surface area contributed by atoms with Crippen molar-refractivity contribution >= 4 is 71.7 Å². The molecule has 0 N–H and O–H groups in total. The number of hydrogen-bond acceptors (Lipinski definition) is 3. The Bertz CT molecular complexity index is 1950. The van der Waals surface area contributed by atoms with E-state index in [1.807, 2.05) is 22.7 Å². The van der Waals surface area contributed by atoms with Crippen LogP contribution >= 0.6 is 49.9 Å². The summed E-state index contributed by atoms with van der Waals surface area (Å²) in [6, 6.07) is 23.8. The van der Waals surface area contributed by atoms with Gasteiger partial charge >= 0.3 is 0 Å². The average molecular weight is 773 g/mol. The Morgan fingerprint density at radius 2 is 1.04 bits per heavy atom. The van der Waals surface area contributed by atoms with Gasteiger partial charge in [-0.15, -0.1) is 34.0 Å². The van der Waals surface area contributed by atoms with E-state index >= 15 is 0 Å². The van der Waals surface area contributed by atoms with Crippen LogP contribution in [0.5, 0.6) is 0 Å². The predicted octanol–water partition coefficient (Wildman–Crippen LogP) is 16.1. The van der Waals surface area contributed by atoms with Crippen molar-refractivity contribution in [1.29, 1.82) is 0 Å². The summed E-state index contributed by atoms with van der Waals surface area (Å²) in [6.45, 7) is 10.2. The van der Waals surface area contributed by atoms with E-state index in [9.17, 15) is 0 Å². The summed E-state index contributed by atoms with van der Waals surface area (Å²) in [4.78, 5) is 7.35. The van der Waals surface area contributed by atoms with Crippen molar-refractivity contribution in [2.24, 2.45) is 0 Å². The highest BCUT2D eigenvalue weighted by atomic mass is 79.9. The Kier molecular flexibility index (Phi) is 13.3. The zero-order valence-electron chi connectivity index (χ0n) is 30.1. The van der Waals surface area contributed by atoms with Crippen molar-refractivity contribution in [2.75, 3.05) is 0 Å². The van der Waals surface area contributed by atoms with E-state index in [0.29, 0.717) is 0 Å². The minimum Gasteiger partial charge on any atom is -0.341 e. The third kappa shape index (κ3) is 8.49. The fourth-order valence-electron chi connectivity index (χ4n) is 7.36. The maximum absolute atomic E-state index is 3.98. The van der Waals surface area contributed by atoms with Crippen LogP contribution in [-0.4, -0.2) is 4.57 Å². The molecule has 0 fully saturated rings. The minimum absolute atomic E-state index is 0.983. The summed E-state index contributed by atoms with van der Waals surface area (Å²) in [6.07, 6.45) is 19.1. The highest BCUT2D eigenvalue weighted by molar-refractivity contribution is 9.11. The first-order chi connectivity index (χ1) is 24.1. The van der Waals surface area contributed by atoms with Crippen molar-refractivity contribution in [3.05, 3.63) is 81.1 Å². The number of benzene rings is 2. The van der Waals surface area contributed by atoms with Gasteiger partial charge in [-0.3, -0.25) is 0 Å². The molecular formula is C44H54BrNS3. The summed E-state index contributed by atoms with van der Waals surface area (Å²) in [5.74, 6) is 0. The van der Waals surface area contributed by atoms with E-state index in [1.165, 1.54) is 151 Å². The lowest BCUT2D eigenvalue weighted by Gasteiger charge is -2.03. The van der Waals surface area contributed by atoms with E-state index in [2.05, 4.69) is 120 Å². The lowest BCUT2D eigenvalue weighted by Crippen LogP contribution is -1.92. The lowest BCUT2D eigenvalue weighted by atomic mass is 10.0. The van der Waals surface area contributed by atoms with Crippen molar-refractivity contribution < 1.29 is 0 Å². The minimum atomic E-state index is 0.983. The number of hydrogen-bond donors (Lipinski definition) is 0. The van der Waals surface area contributed by atoms with Crippen molar-refractivity contribution in [3.8, 4) is 29.9 Å². The van der Waals surface area contributed by atoms with Gasteiger partial charge in [-0.1, -0.05) is 103 Å². The zero-order valence-corrected chi connectivity index (χ0v) is 34.2. The Labute approximate surface area is 315 Å². The molecule has 0 aliphatic carbocycles. The molecule has 1 nitrogen and oxygen atoms in total. The van der Waals surface area contributed by atoms with Crippen LogP contribution in [0.4, 0.5) is 0 Å². The Balaban J connectivity index is 1.39. The van der Waals surface area contributed by atoms with Crippen molar-refractivity contribution in [3.63, 3.8) is 0 Å². The fraction of sp³-hybridized carbons (Fsp3) is 0.455. The van der Waals surface area contributed by atoms with E-state index in [4.69, 9.17) is 0 Å². The number of thiophene rings is 3. The van der Waals surface area contributed by atoms with Crippen LogP contribution in [0.15, 0.2) is 64.5 Å². The maximum Gasteiger partial charge on any atom is 0.0737 e. The molecule has 2 aromatic carbocycles. The van der Waals surface area contributed by atoms with E-state index in [-0.39, 0.29) is 0 Å². The molecule has 260 valence electrons. The van der Waals surface area contributed by atoms with Gasteiger partial charge in [0.05, 0.1) is 3.79 Å². The number of para-hydroxylation sites is 1. The second kappa shape index (κ2) is 17.8. The number of nitrogens with zero attached hydrogens (tertiary/aromatic N) is 1. The highest BCUT2D eigenvalue weighted by Crippen LogP contribution is 2.48. The molecular weight excluding hydrogens is 719 g/mol. The van der Waals surface area contributed by atoms with Crippen LogP contribution in [-0.2, 0) is 25.8 Å². The number of aromatic nitrogens is 1. The summed E-state index contributed by atoms with van der Waals surface area (Å²) >= 11 is 10.0. The SMILES string of the molecule is CCCCCCc1cc(-c2sc(-c3sc(-c4ccc5c(c4)c4ccccc4n5CC)cc3CCCCCC)cc2CCCCCC)sc1Br. The van der Waals surface area contributed by atoms with E-state index < -0.39 is 0 Å². The standard InChI is InChI=1S/C44H54BrNS3/c1-5-9-12-15-20-32-28-39(31-25-26-38-36(27-31)35-23-18-19-24-37(35)46(38)8-4)47-42(32)40-29-33(21-16-13-10-6-2)43(48-40)41-30-34(44(45)49-41)22-17-14-11-7-3/h18-19,23-30H,5-17,20-22H2,1-4H3. The summed E-state index contributed by atoms with van der Waals surface area (Å²) in [7, 11) is 0. The molecule has 6 rings (SSSR count). The first-order valence-electron chi connectivity index (χ1n) is 19.1. The van der Waals surface area contributed by atoms with Gasteiger partial charge in [-0.05, 0) is 120 Å². The molecule has 0 bridgehead atoms. The van der Waals surface area contributed by atoms with Crippen LogP contribution in [0, 0.1) is 0 Å². The molecule has 0 saturated carbocycles. The number of unbranched alkanes of at least 4 members (excludes halogenated alkanes) is 9. The van der Waals surface area contributed by atoms with Gasteiger partial charge < -0.3 is 4.57 Å². The molecule has 4 aromatic heterocycles. The first kappa shape index (κ1) is 36.6. The van der Waals surface area contributed by atoms with Crippen LogP contribution in [0.1, 0.15) is 121 Å². The van der Waals surface area contributed by atoms with E-state index in [1.54, 1.807) is 11.1 Å². The van der Waals surface area contributed by atoms with Crippen LogP contribution < -0.4 is 0 Å². The third-order valence-corrected chi connectivity index (χ3v) is 14.8. The van der Waals surface area contributed by atoms with Crippen LogP contribution in [0.2, 0.25) is 0 Å². The van der Waals surface area contributed by atoms with E-state index in [0.717, 1.165) is 13.0 Å². The van der Waals surface area contributed by atoms with Crippen LogP contribution in [0.3, 0.4) is 0 Å². The maximum atomic E-state index is 3.98. The summed E-state index contributed by atoms with van der Waals surface area (Å²) < 4.78 is 3.79. The normalized spacial score (nSPS) is 11.9. The number of aryl methyl sites for hydroxylation is 4. The Morgan fingerprint density at radius 3 is 1.67 bits per heavy atom. The molecule has 0 radical (unpaired) electrons. The number of rotatable bonds is 19. The van der Waals surface area contributed by atoms with Crippen LogP contribution in [0.25, 0.3) is 51.8 Å². The second-order valence-electron chi connectivity index (χ2n) is 13.8. The topological polar surface area (TPSA) is 4.93 Å². The molecule has 0 atom stereocenters. The van der Waals surface area contributed by atoms with Gasteiger partial charge in [0.15, 0.2) is 0 Å². The van der Waals surface area contributed by atoms with Crippen molar-refractivity contribution in [2.45, 2.75) is 131 Å². The van der Waals surface area contributed by atoms with Gasteiger partial charge in [0, 0.05) is 52.7 Å². The molecule has 0 saturated heterocycles. The molecule has 0 spiro atoms. The fourth-order valence-corrected chi connectivity index (χ4v) is 11.8. The second-order valence-corrected chi connectivity index (χ2v) is 18.2. The van der Waals surface area contributed by atoms with Gasteiger partial charge in [0.2, 0.25) is 0 Å². The number of fused-ring (bicyclic) bond motifs is 3. The monoisotopic (exact) mass is 771 g/mol. The quantitative estimate of drug-likeness (QED) is 0.0723. The largest absolute Gasteiger partial charge is 0.341 e. The Hall–Kier alpha value is -2.18. The summed E-state index contributed by atoms with van der Waals surface area (Å²) in [5, 5.41) is 2.73. The van der Waals surface area contributed by atoms with Gasteiger partial charge in [0.25, 0.3) is 0 Å². The van der Waals surface area contributed by atoms with Gasteiger partial charge in [-0.2, -0.15) is 0 Å². The smallest absolute Gasteiger partial charge is 0.0737 e. The molecule has 0 aliphatic rings. The Morgan fingerprint density at radius 1 is 0.510 bits per heavy atom. The van der Waals surface area contributed by atoms with Crippen molar-refractivity contribution in [1.82, 2.24) is 4.57 Å². The molecule has 0 amide bonds. The van der Waals surface area contributed by atoms with Gasteiger partial charge in [0.1, 0.15) is 0 Å². The average Bonchev–Trinajstić information content (AvgIpc) is 3.90. The lowest BCUT2D eigenvalue weighted by molar-refractivity contribution is 0.667.